The van der Waals surface area contributed by atoms with Gasteiger partial charge in [0.25, 0.3) is 0 Å². The van der Waals surface area contributed by atoms with Gasteiger partial charge in [0.05, 0.1) is 5.75 Å². The normalized spacial score (nSPS) is 11.9. The minimum Gasteiger partial charge on any atom is -0.355 e. The highest BCUT2D eigenvalue weighted by atomic mass is 32.2. The van der Waals surface area contributed by atoms with Gasteiger partial charge in [-0.2, -0.15) is 0 Å². The van der Waals surface area contributed by atoms with Crippen molar-refractivity contribution in [2.24, 2.45) is 0 Å². The maximum absolute atomic E-state index is 12.1. The molecule has 1 unspecified atom stereocenters. The summed E-state index contributed by atoms with van der Waals surface area (Å²) in [4.78, 5) is 12.1. The minimum absolute atomic E-state index is 0.00427. The van der Waals surface area contributed by atoms with Crippen molar-refractivity contribution in [2.75, 3.05) is 12.3 Å². The lowest BCUT2D eigenvalue weighted by molar-refractivity contribution is -0.118. The third-order valence-corrected chi connectivity index (χ3v) is 4.80. The number of carbonyl (C=O) groups is 1. The van der Waals surface area contributed by atoms with Crippen molar-refractivity contribution in [3.8, 4) is 5.69 Å². The lowest BCUT2D eigenvalue weighted by atomic mass is 10.0. The first-order valence-corrected chi connectivity index (χ1v) is 9.12. The van der Waals surface area contributed by atoms with Gasteiger partial charge in [0.2, 0.25) is 5.91 Å². The number of rotatable bonds is 7. The molecule has 6 heteroatoms. The number of para-hydroxylation sites is 1. The average molecular weight is 352 g/mol. The molecule has 0 spiro atoms. The number of amides is 1. The molecule has 2 aromatic carbocycles. The molecule has 1 aromatic heterocycles. The maximum Gasteiger partial charge on any atom is 0.230 e. The zero-order valence-electron chi connectivity index (χ0n) is 14.0. The molecule has 3 aromatic rings. The van der Waals surface area contributed by atoms with Crippen LogP contribution in [0, 0.1) is 0 Å². The molecule has 1 heterocycles. The van der Waals surface area contributed by atoms with E-state index >= 15 is 0 Å². The van der Waals surface area contributed by atoms with Crippen LogP contribution >= 0.6 is 11.8 Å². The van der Waals surface area contributed by atoms with E-state index in [9.17, 15) is 4.79 Å². The van der Waals surface area contributed by atoms with Crippen molar-refractivity contribution in [1.82, 2.24) is 20.1 Å². The SMILES string of the molecule is CC(CNC(=O)CSc1nncn1-c1ccccc1)c1ccccc1. The first-order valence-electron chi connectivity index (χ1n) is 8.14. The second-order valence-electron chi connectivity index (χ2n) is 5.72. The smallest absolute Gasteiger partial charge is 0.230 e. The predicted octanol–water partition coefficient (Wildman–Crippen LogP) is 3.28. The summed E-state index contributed by atoms with van der Waals surface area (Å²) in [5.74, 6) is 0.589. The zero-order valence-corrected chi connectivity index (χ0v) is 14.8. The summed E-state index contributed by atoms with van der Waals surface area (Å²) in [7, 11) is 0. The highest BCUT2D eigenvalue weighted by Gasteiger charge is 2.11. The predicted molar refractivity (Wildman–Crippen MR) is 99.9 cm³/mol. The van der Waals surface area contributed by atoms with Crippen LogP contribution in [-0.2, 0) is 4.79 Å². The first-order chi connectivity index (χ1) is 12.2. The van der Waals surface area contributed by atoms with E-state index in [0.717, 1.165) is 5.69 Å². The van der Waals surface area contributed by atoms with Gasteiger partial charge in [-0.3, -0.25) is 9.36 Å². The second-order valence-corrected chi connectivity index (χ2v) is 6.67. The van der Waals surface area contributed by atoms with E-state index in [1.165, 1.54) is 17.3 Å². The van der Waals surface area contributed by atoms with E-state index in [2.05, 4.69) is 34.6 Å². The van der Waals surface area contributed by atoms with Crippen LogP contribution in [0.25, 0.3) is 5.69 Å². The van der Waals surface area contributed by atoms with Crippen LogP contribution in [0.4, 0.5) is 0 Å². The number of nitrogens with zero attached hydrogens (tertiary/aromatic N) is 3. The van der Waals surface area contributed by atoms with Crippen molar-refractivity contribution in [2.45, 2.75) is 18.0 Å². The van der Waals surface area contributed by atoms with E-state index in [1.807, 2.05) is 53.1 Å². The van der Waals surface area contributed by atoms with Crippen LogP contribution in [0.2, 0.25) is 0 Å². The van der Waals surface area contributed by atoms with Crippen molar-refractivity contribution in [3.05, 3.63) is 72.6 Å². The molecule has 5 nitrogen and oxygen atoms in total. The summed E-state index contributed by atoms with van der Waals surface area (Å²) < 4.78 is 1.88. The molecule has 0 aliphatic heterocycles. The van der Waals surface area contributed by atoms with E-state index in [1.54, 1.807) is 6.33 Å². The fraction of sp³-hybridized carbons (Fsp3) is 0.211. The Balaban J connectivity index is 1.51. The standard InChI is InChI=1S/C19H20N4OS/c1-15(16-8-4-2-5-9-16)12-20-18(24)13-25-19-22-21-14-23(19)17-10-6-3-7-11-17/h2-11,14-15H,12-13H2,1H3,(H,20,24). The number of hydrogen-bond acceptors (Lipinski definition) is 4. The fourth-order valence-corrected chi connectivity index (χ4v) is 3.19. The van der Waals surface area contributed by atoms with E-state index in [-0.39, 0.29) is 11.8 Å². The van der Waals surface area contributed by atoms with Gasteiger partial charge in [-0.05, 0) is 23.6 Å². The summed E-state index contributed by atoms with van der Waals surface area (Å²) in [6.07, 6.45) is 1.66. The molecule has 1 amide bonds. The van der Waals surface area contributed by atoms with Crippen LogP contribution < -0.4 is 5.32 Å². The number of carbonyl (C=O) groups excluding carboxylic acids is 1. The van der Waals surface area contributed by atoms with Gasteiger partial charge >= 0.3 is 0 Å². The molecule has 1 atom stereocenters. The monoisotopic (exact) mass is 352 g/mol. The molecule has 0 aliphatic carbocycles. The summed E-state index contributed by atoms with van der Waals surface area (Å²) >= 11 is 1.38. The van der Waals surface area contributed by atoms with Crippen molar-refractivity contribution in [1.29, 1.82) is 0 Å². The molecule has 0 saturated heterocycles. The van der Waals surface area contributed by atoms with Gasteiger partial charge < -0.3 is 5.32 Å². The zero-order chi connectivity index (χ0) is 17.5. The Labute approximate surface area is 151 Å². The molecule has 0 bridgehead atoms. The Bertz CT molecular complexity index is 805. The third-order valence-electron chi connectivity index (χ3n) is 3.86. The van der Waals surface area contributed by atoms with E-state index in [4.69, 9.17) is 0 Å². The molecule has 0 radical (unpaired) electrons. The maximum atomic E-state index is 12.1. The number of aromatic nitrogens is 3. The molecule has 1 N–H and O–H groups in total. The van der Waals surface area contributed by atoms with Gasteiger partial charge in [-0.1, -0.05) is 67.2 Å². The summed E-state index contributed by atoms with van der Waals surface area (Å²) in [6.45, 7) is 2.73. The van der Waals surface area contributed by atoms with Crippen LogP contribution in [0.1, 0.15) is 18.4 Å². The van der Waals surface area contributed by atoms with Crippen molar-refractivity contribution in [3.63, 3.8) is 0 Å². The summed E-state index contributed by atoms with van der Waals surface area (Å²) in [5, 5.41) is 11.7. The van der Waals surface area contributed by atoms with Crippen molar-refractivity contribution < 1.29 is 4.79 Å². The van der Waals surface area contributed by atoms with E-state index in [0.29, 0.717) is 17.5 Å². The molecule has 0 fully saturated rings. The topological polar surface area (TPSA) is 59.8 Å². The Hall–Kier alpha value is -2.60. The Morgan fingerprint density at radius 3 is 2.52 bits per heavy atom. The molecule has 3 rings (SSSR count). The average Bonchev–Trinajstić information content (AvgIpc) is 3.14. The van der Waals surface area contributed by atoms with Gasteiger partial charge in [0, 0.05) is 12.2 Å². The molecule has 128 valence electrons. The minimum atomic E-state index is -0.00427. The summed E-state index contributed by atoms with van der Waals surface area (Å²) in [6, 6.07) is 20.0. The highest BCUT2D eigenvalue weighted by molar-refractivity contribution is 7.99. The van der Waals surface area contributed by atoms with Gasteiger partial charge in [0.15, 0.2) is 5.16 Å². The van der Waals surface area contributed by atoms with Crippen LogP contribution in [0.3, 0.4) is 0 Å². The first kappa shape index (κ1) is 17.2. The molecule has 0 aliphatic rings. The highest BCUT2D eigenvalue weighted by Crippen LogP contribution is 2.19. The molecule has 0 saturated carbocycles. The quantitative estimate of drug-likeness (QED) is 0.663. The number of nitrogens with one attached hydrogen (secondary N) is 1. The largest absolute Gasteiger partial charge is 0.355 e. The third kappa shape index (κ3) is 4.70. The van der Waals surface area contributed by atoms with Gasteiger partial charge in [-0.25, -0.2) is 0 Å². The number of thioether (sulfide) groups is 1. The van der Waals surface area contributed by atoms with E-state index < -0.39 is 0 Å². The Morgan fingerprint density at radius 2 is 1.80 bits per heavy atom. The lowest BCUT2D eigenvalue weighted by Gasteiger charge is -2.13. The van der Waals surface area contributed by atoms with Gasteiger partial charge in [-0.15, -0.1) is 10.2 Å². The van der Waals surface area contributed by atoms with Gasteiger partial charge in [0.1, 0.15) is 6.33 Å². The Kier molecular flexibility index (Phi) is 5.85. The molecular weight excluding hydrogens is 332 g/mol. The van der Waals surface area contributed by atoms with Crippen LogP contribution in [0.5, 0.6) is 0 Å². The molecular formula is C19H20N4OS. The fourth-order valence-electron chi connectivity index (χ4n) is 2.44. The van der Waals surface area contributed by atoms with Crippen molar-refractivity contribution >= 4 is 17.7 Å². The Morgan fingerprint density at radius 1 is 1.12 bits per heavy atom. The van der Waals surface area contributed by atoms with Crippen LogP contribution in [-0.4, -0.2) is 33.0 Å². The summed E-state index contributed by atoms with van der Waals surface area (Å²) in [5.41, 5.74) is 2.20. The number of benzene rings is 2. The number of hydrogen-bond donors (Lipinski definition) is 1. The molecule has 25 heavy (non-hydrogen) atoms. The lowest BCUT2D eigenvalue weighted by Crippen LogP contribution is -2.29. The van der Waals surface area contributed by atoms with Crippen LogP contribution in [0.15, 0.2) is 72.1 Å². The second kappa shape index (κ2) is 8.48.